The van der Waals surface area contributed by atoms with Crippen LogP contribution in [-0.2, 0) is 0 Å². The van der Waals surface area contributed by atoms with Crippen molar-refractivity contribution in [2.75, 3.05) is 0 Å². The van der Waals surface area contributed by atoms with E-state index < -0.39 is 11.6 Å². The first-order valence-corrected chi connectivity index (χ1v) is 6.35. The third-order valence-electron chi connectivity index (χ3n) is 4.58. The number of halogens is 2. The van der Waals surface area contributed by atoms with Crippen LogP contribution in [0.15, 0.2) is 18.2 Å². The van der Waals surface area contributed by atoms with Crippen molar-refractivity contribution in [3.05, 3.63) is 35.4 Å². The molecule has 1 aromatic carbocycles. The van der Waals surface area contributed by atoms with Gasteiger partial charge in [-0.1, -0.05) is 12.5 Å². The molecule has 2 N–H and O–H groups in total. The number of hydrogen-bond acceptors (Lipinski definition) is 1. The van der Waals surface area contributed by atoms with Crippen molar-refractivity contribution in [2.24, 2.45) is 23.5 Å². The van der Waals surface area contributed by atoms with Gasteiger partial charge < -0.3 is 5.73 Å². The maximum atomic E-state index is 13.7. The SMILES string of the molecule is NC(c1ccc(F)cc1F)C1CC2CCC1C2. The zero-order chi connectivity index (χ0) is 12.0. The molecule has 1 aromatic rings. The Hall–Kier alpha value is -0.960. The molecule has 3 heteroatoms. The van der Waals surface area contributed by atoms with Crippen LogP contribution in [0.5, 0.6) is 0 Å². The highest BCUT2D eigenvalue weighted by molar-refractivity contribution is 5.23. The highest BCUT2D eigenvalue weighted by Crippen LogP contribution is 2.52. The predicted molar refractivity (Wildman–Crippen MR) is 62.2 cm³/mol. The predicted octanol–water partition coefficient (Wildman–Crippen LogP) is 3.40. The zero-order valence-electron chi connectivity index (χ0n) is 9.70. The van der Waals surface area contributed by atoms with E-state index in [1.54, 1.807) is 0 Å². The molecule has 2 saturated carbocycles. The van der Waals surface area contributed by atoms with Crippen molar-refractivity contribution in [1.29, 1.82) is 0 Å². The molecule has 0 radical (unpaired) electrons. The molecular weight excluding hydrogens is 220 g/mol. The summed E-state index contributed by atoms with van der Waals surface area (Å²) in [6.07, 6.45) is 4.90. The quantitative estimate of drug-likeness (QED) is 0.838. The third-order valence-corrected chi connectivity index (χ3v) is 4.58. The van der Waals surface area contributed by atoms with Crippen LogP contribution in [0.2, 0.25) is 0 Å². The molecule has 0 saturated heterocycles. The number of rotatable bonds is 2. The molecule has 0 aliphatic heterocycles. The Morgan fingerprint density at radius 1 is 1.18 bits per heavy atom. The molecule has 0 amide bonds. The normalized spacial score (nSPS) is 33.0. The van der Waals surface area contributed by atoms with Crippen molar-refractivity contribution in [3.63, 3.8) is 0 Å². The Morgan fingerprint density at radius 3 is 2.59 bits per heavy atom. The molecule has 0 heterocycles. The molecule has 2 bridgehead atoms. The lowest BCUT2D eigenvalue weighted by Crippen LogP contribution is -2.26. The molecule has 3 rings (SSSR count). The lowest BCUT2D eigenvalue weighted by Gasteiger charge is -2.28. The van der Waals surface area contributed by atoms with Crippen molar-refractivity contribution in [1.82, 2.24) is 0 Å². The minimum atomic E-state index is -0.536. The fourth-order valence-corrected chi connectivity index (χ4v) is 3.74. The summed E-state index contributed by atoms with van der Waals surface area (Å²) >= 11 is 0. The minimum absolute atomic E-state index is 0.272. The van der Waals surface area contributed by atoms with Gasteiger partial charge in [-0.05, 0) is 43.1 Å². The van der Waals surface area contributed by atoms with Crippen LogP contribution in [0, 0.1) is 29.4 Å². The van der Waals surface area contributed by atoms with E-state index >= 15 is 0 Å². The first-order valence-electron chi connectivity index (χ1n) is 6.35. The van der Waals surface area contributed by atoms with Gasteiger partial charge in [-0.3, -0.25) is 0 Å². The van der Waals surface area contributed by atoms with Gasteiger partial charge in [0, 0.05) is 17.7 Å². The molecular formula is C14H17F2N. The smallest absolute Gasteiger partial charge is 0.130 e. The van der Waals surface area contributed by atoms with Crippen molar-refractivity contribution < 1.29 is 8.78 Å². The standard InChI is InChI=1S/C14H17F2N/c15-10-3-4-11(13(16)7-10)14(17)12-6-8-1-2-9(12)5-8/h3-4,7-9,12,14H,1-2,5-6,17H2. The molecule has 17 heavy (non-hydrogen) atoms. The Morgan fingerprint density at radius 2 is 2.00 bits per heavy atom. The summed E-state index contributed by atoms with van der Waals surface area (Å²) in [5.41, 5.74) is 6.65. The van der Waals surface area contributed by atoms with Gasteiger partial charge in [-0.15, -0.1) is 0 Å². The highest BCUT2D eigenvalue weighted by Gasteiger charge is 2.42. The van der Waals surface area contributed by atoms with E-state index in [-0.39, 0.29) is 6.04 Å². The minimum Gasteiger partial charge on any atom is -0.324 e. The van der Waals surface area contributed by atoms with E-state index in [4.69, 9.17) is 5.73 Å². The maximum absolute atomic E-state index is 13.7. The second-order valence-corrected chi connectivity index (χ2v) is 5.53. The molecule has 2 aliphatic rings. The average molecular weight is 237 g/mol. The maximum Gasteiger partial charge on any atom is 0.130 e. The van der Waals surface area contributed by atoms with Gasteiger partial charge in [0.05, 0.1) is 0 Å². The van der Waals surface area contributed by atoms with Crippen LogP contribution in [0.25, 0.3) is 0 Å². The summed E-state index contributed by atoms with van der Waals surface area (Å²) in [4.78, 5) is 0. The molecule has 2 aliphatic carbocycles. The number of fused-ring (bicyclic) bond motifs is 2. The van der Waals surface area contributed by atoms with Crippen LogP contribution in [0.3, 0.4) is 0 Å². The van der Waals surface area contributed by atoms with Crippen LogP contribution in [0.4, 0.5) is 8.78 Å². The van der Waals surface area contributed by atoms with Crippen LogP contribution < -0.4 is 5.73 Å². The molecule has 0 spiro atoms. The van der Waals surface area contributed by atoms with Gasteiger partial charge in [0.1, 0.15) is 11.6 Å². The number of nitrogens with two attached hydrogens (primary N) is 1. The highest BCUT2D eigenvalue weighted by atomic mass is 19.1. The van der Waals surface area contributed by atoms with Crippen LogP contribution in [-0.4, -0.2) is 0 Å². The van der Waals surface area contributed by atoms with Gasteiger partial charge in [0.25, 0.3) is 0 Å². The van der Waals surface area contributed by atoms with Gasteiger partial charge in [0.15, 0.2) is 0 Å². The Balaban J connectivity index is 1.84. The zero-order valence-corrected chi connectivity index (χ0v) is 9.70. The third kappa shape index (κ3) is 1.86. The largest absolute Gasteiger partial charge is 0.324 e. The first-order chi connectivity index (χ1) is 8.15. The molecule has 92 valence electrons. The Bertz CT molecular complexity index is 432. The summed E-state index contributed by atoms with van der Waals surface area (Å²) in [5, 5.41) is 0. The lowest BCUT2D eigenvalue weighted by atomic mass is 9.81. The van der Waals surface area contributed by atoms with E-state index in [1.165, 1.54) is 31.4 Å². The molecule has 0 aromatic heterocycles. The summed E-state index contributed by atoms with van der Waals surface area (Å²) in [5.74, 6) is 0.791. The van der Waals surface area contributed by atoms with Crippen molar-refractivity contribution >= 4 is 0 Å². The van der Waals surface area contributed by atoms with Gasteiger partial charge in [-0.25, -0.2) is 8.78 Å². The van der Waals surface area contributed by atoms with E-state index in [0.717, 1.165) is 18.4 Å². The second-order valence-electron chi connectivity index (χ2n) is 5.53. The molecule has 2 fully saturated rings. The van der Waals surface area contributed by atoms with E-state index in [2.05, 4.69) is 0 Å². The van der Waals surface area contributed by atoms with Crippen LogP contribution >= 0.6 is 0 Å². The summed E-state index contributed by atoms with van der Waals surface area (Å²) in [6.45, 7) is 0. The summed E-state index contributed by atoms with van der Waals surface area (Å²) < 4.78 is 26.5. The summed E-state index contributed by atoms with van der Waals surface area (Å²) in [6, 6.07) is 3.46. The van der Waals surface area contributed by atoms with E-state index in [0.29, 0.717) is 17.4 Å². The molecule has 1 nitrogen and oxygen atoms in total. The monoisotopic (exact) mass is 237 g/mol. The number of benzene rings is 1. The molecule has 4 atom stereocenters. The fourth-order valence-electron chi connectivity index (χ4n) is 3.74. The number of hydrogen-bond donors (Lipinski definition) is 1. The Labute approximate surface area is 100 Å². The van der Waals surface area contributed by atoms with E-state index in [1.807, 2.05) is 0 Å². The summed E-state index contributed by atoms with van der Waals surface area (Å²) in [7, 11) is 0. The van der Waals surface area contributed by atoms with Gasteiger partial charge in [0.2, 0.25) is 0 Å². The topological polar surface area (TPSA) is 26.0 Å². The van der Waals surface area contributed by atoms with Gasteiger partial charge >= 0.3 is 0 Å². The second kappa shape index (κ2) is 4.05. The lowest BCUT2D eigenvalue weighted by molar-refractivity contribution is 0.280. The molecule has 4 unspecified atom stereocenters. The fraction of sp³-hybridized carbons (Fsp3) is 0.571. The van der Waals surface area contributed by atoms with Crippen LogP contribution in [0.1, 0.15) is 37.3 Å². The van der Waals surface area contributed by atoms with E-state index in [9.17, 15) is 8.78 Å². The Kier molecular flexibility index (Phi) is 2.66. The first kappa shape index (κ1) is 11.1. The van der Waals surface area contributed by atoms with Gasteiger partial charge in [-0.2, -0.15) is 0 Å². The van der Waals surface area contributed by atoms with Crippen molar-refractivity contribution in [3.8, 4) is 0 Å². The van der Waals surface area contributed by atoms with Crippen molar-refractivity contribution in [2.45, 2.75) is 31.7 Å². The average Bonchev–Trinajstić information content (AvgIpc) is 2.89.